The lowest BCUT2D eigenvalue weighted by molar-refractivity contribution is 0.581. The van der Waals surface area contributed by atoms with E-state index in [1.165, 1.54) is 12.3 Å². The Kier molecular flexibility index (Phi) is 5.76. The Morgan fingerprint density at radius 3 is 2.88 bits per heavy atom. The van der Waals surface area contributed by atoms with Crippen LogP contribution in [0.25, 0.3) is 31.8 Å². The number of nitrogens with two attached hydrogens (primary N) is 1. The van der Waals surface area contributed by atoms with E-state index < -0.39 is 5.95 Å². The number of halogens is 1. The zero-order valence-corrected chi connectivity index (χ0v) is 18.6. The van der Waals surface area contributed by atoms with Crippen molar-refractivity contribution in [1.82, 2.24) is 29.9 Å². The lowest BCUT2D eigenvalue weighted by Crippen LogP contribution is -2.12. The molecule has 0 bridgehead atoms. The molecule has 0 saturated carbocycles. The van der Waals surface area contributed by atoms with Crippen molar-refractivity contribution in [2.75, 3.05) is 11.9 Å². The molecule has 0 amide bonds. The zero-order valence-electron chi connectivity index (χ0n) is 17.8. The van der Waals surface area contributed by atoms with E-state index in [1.54, 1.807) is 34.6 Å². The molecule has 166 valence electrons. The van der Waals surface area contributed by atoms with Crippen LogP contribution in [-0.2, 0) is 6.54 Å². The SMILES string of the molecule is CC(N)c1cnc(F)cc1-c1cccc2cc(-c3ccnc(NCCn4ccnn4)n3)sc12. The number of fused-ring (bicyclic) bond motifs is 1. The number of aromatic nitrogens is 6. The molecule has 0 fully saturated rings. The number of anilines is 1. The highest BCUT2D eigenvalue weighted by Crippen LogP contribution is 2.40. The Labute approximate surface area is 193 Å². The first-order valence-corrected chi connectivity index (χ1v) is 11.3. The van der Waals surface area contributed by atoms with Crippen molar-refractivity contribution in [1.29, 1.82) is 0 Å². The van der Waals surface area contributed by atoms with Crippen molar-refractivity contribution in [3.05, 3.63) is 72.7 Å². The van der Waals surface area contributed by atoms with Crippen LogP contribution >= 0.6 is 11.3 Å². The molecule has 4 heterocycles. The van der Waals surface area contributed by atoms with E-state index in [1.807, 2.05) is 31.2 Å². The van der Waals surface area contributed by atoms with Crippen LogP contribution < -0.4 is 11.1 Å². The van der Waals surface area contributed by atoms with Gasteiger partial charge in [0.2, 0.25) is 11.9 Å². The molecule has 33 heavy (non-hydrogen) atoms. The first-order chi connectivity index (χ1) is 16.1. The van der Waals surface area contributed by atoms with Gasteiger partial charge in [-0.05, 0) is 35.6 Å². The minimum absolute atomic E-state index is 0.268. The molecule has 0 aliphatic rings. The van der Waals surface area contributed by atoms with Crippen LogP contribution in [0.5, 0.6) is 0 Å². The molecule has 1 unspecified atom stereocenters. The third-order valence-electron chi connectivity index (χ3n) is 5.23. The fourth-order valence-corrected chi connectivity index (χ4v) is 4.81. The number of nitrogens with zero attached hydrogens (tertiary/aromatic N) is 6. The molecule has 0 saturated heterocycles. The number of rotatable bonds is 7. The van der Waals surface area contributed by atoms with Crippen LogP contribution in [0.15, 0.2) is 61.2 Å². The van der Waals surface area contributed by atoms with Gasteiger partial charge in [-0.25, -0.2) is 15.0 Å². The summed E-state index contributed by atoms with van der Waals surface area (Å²) in [4.78, 5) is 13.8. The number of pyridine rings is 1. The summed E-state index contributed by atoms with van der Waals surface area (Å²) in [5.41, 5.74) is 9.44. The average molecular weight is 461 g/mol. The summed E-state index contributed by atoms with van der Waals surface area (Å²) in [6.07, 6.45) is 6.70. The predicted octanol–water partition coefficient (Wildman–Crippen LogP) is 4.28. The molecule has 5 aromatic rings. The molecule has 3 N–H and O–H groups in total. The minimum atomic E-state index is -0.527. The van der Waals surface area contributed by atoms with E-state index in [-0.39, 0.29) is 6.04 Å². The molecule has 0 aliphatic heterocycles. The summed E-state index contributed by atoms with van der Waals surface area (Å²) in [7, 11) is 0. The predicted molar refractivity (Wildman–Crippen MR) is 127 cm³/mol. The standard InChI is InChI=1S/C23H21FN8S/c1-14(25)18-13-28-21(24)12-17(18)16-4-2-3-15-11-20(33-22(15)16)19-5-6-26-23(30-19)27-7-9-32-10-8-29-31-32/h2-6,8,10-14H,7,9,25H2,1H3,(H,26,27,30). The molecule has 10 heteroatoms. The number of hydrogen-bond donors (Lipinski definition) is 2. The number of hydrogen-bond acceptors (Lipinski definition) is 8. The van der Waals surface area contributed by atoms with Gasteiger partial charge in [0.1, 0.15) is 0 Å². The first kappa shape index (κ1) is 21.1. The molecule has 5 rings (SSSR count). The Morgan fingerprint density at radius 2 is 2.06 bits per heavy atom. The van der Waals surface area contributed by atoms with Gasteiger partial charge in [0, 0.05) is 47.5 Å². The summed E-state index contributed by atoms with van der Waals surface area (Å²) in [6, 6.07) is 11.2. The highest BCUT2D eigenvalue weighted by Gasteiger charge is 2.16. The van der Waals surface area contributed by atoms with Crippen molar-refractivity contribution in [3.8, 4) is 21.7 Å². The van der Waals surface area contributed by atoms with Crippen LogP contribution in [0.3, 0.4) is 0 Å². The molecular weight excluding hydrogens is 439 g/mol. The topological polar surface area (TPSA) is 107 Å². The third kappa shape index (κ3) is 4.43. The van der Waals surface area contributed by atoms with Gasteiger partial charge >= 0.3 is 0 Å². The molecular formula is C23H21FN8S. The summed E-state index contributed by atoms with van der Waals surface area (Å²) in [5.74, 6) is 0.0151. The fourth-order valence-electron chi connectivity index (χ4n) is 3.65. The third-order valence-corrected chi connectivity index (χ3v) is 6.44. The van der Waals surface area contributed by atoms with Crippen molar-refractivity contribution in [2.45, 2.75) is 19.5 Å². The van der Waals surface area contributed by atoms with Gasteiger partial charge in [0.25, 0.3) is 0 Å². The number of nitrogens with one attached hydrogen (secondary N) is 1. The van der Waals surface area contributed by atoms with E-state index in [0.29, 0.717) is 19.0 Å². The summed E-state index contributed by atoms with van der Waals surface area (Å²) >= 11 is 1.60. The molecule has 1 aromatic carbocycles. The summed E-state index contributed by atoms with van der Waals surface area (Å²) < 4.78 is 16.8. The number of thiophene rings is 1. The lowest BCUT2D eigenvalue weighted by Gasteiger charge is -2.13. The Bertz CT molecular complexity index is 1400. The van der Waals surface area contributed by atoms with E-state index in [0.717, 1.165) is 37.3 Å². The number of benzene rings is 1. The molecule has 0 radical (unpaired) electrons. The van der Waals surface area contributed by atoms with Crippen molar-refractivity contribution in [3.63, 3.8) is 0 Å². The Hall–Kier alpha value is -3.76. The highest BCUT2D eigenvalue weighted by atomic mass is 32.1. The lowest BCUT2D eigenvalue weighted by atomic mass is 9.97. The molecule has 8 nitrogen and oxygen atoms in total. The van der Waals surface area contributed by atoms with Gasteiger partial charge < -0.3 is 11.1 Å². The van der Waals surface area contributed by atoms with E-state index in [4.69, 9.17) is 5.73 Å². The van der Waals surface area contributed by atoms with Crippen LogP contribution in [0.2, 0.25) is 0 Å². The molecule has 0 spiro atoms. The quantitative estimate of drug-likeness (QED) is 0.349. The van der Waals surface area contributed by atoms with Crippen molar-refractivity contribution in [2.24, 2.45) is 5.73 Å². The zero-order chi connectivity index (χ0) is 22.8. The van der Waals surface area contributed by atoms with Crippen LogP contribution in [-0.4, -0.2) is 36.5 Å². The maximum atomic E-state index is 14.0. The second-order valence-corrected chi connectivity index (χ2v) is 8.63. The van der Waals surface area contributed by atoms with Gasteiger partial charge in [0.05, 0.1) is 23.3 Å². The maximum Gasteiger partial charge on any atom is 0.223 e. The normalized spacial score (nSPS) is 12.2. The van der Waals surface area contributed by atoms with E-state index >= 15 is 0 Å². The Morgan fingerprint density at radius 1 is 1.15 bits per heavy atom. The van der Waals surface area contributed by atoms with Gasteiger partial charge in [-0.15, -0.1) is 16.4 Å². The van der Waals surface area contributed by atoms with Gasteiger partial charge in [-0.2, -0.15) is 4.39 Å². The second kappa shape index (κ2) is 9.00. The van der Waals surface area contributed by atoms with Gasteiger partial charge in [-0.1, -0.05) is 23.4 Å². The average Bonchev–Trinajstić information content (AvgIpc) is 3.49. The van der Waals surface area contributed by atoms with Crippen molar-refractivity contribution < 1.29 is 4.39 Å². The van der Waals surface area contributed by atoms with E-state index in [2.05, 4.69) is 36.6 Å². The van der Waals surface area contributed by atoms with Crippen LogP contribution in [0, 0.1) is 5.95 Å². The monoisotopic (exact) mass is 460 g/mol. The van der Waals surface area contributed by atoms with Crippen molar-refractivity contribution >= 4 is 27.4 Å². The smallest absolute Gasteiger partial charge is 0.223 e. The summed E-state index contributed by atoms with van der Waals surface area (Å²) in [5, 5.41) is 12.0. The maximum absolute atomic E-state index is 14.0. The second-order valence-electron chi connectivity index (χ2n) is 7.58. The van der Waals surface area contributed by atoms with Gasteiger partial charge in [0.15, 0.2) is 0 Å². The molecule has 1 atom stereocenters. The minimum Gasteiger partial charge on any atom is -0.352 e. The molecule has 4 aromatic heterocycles. The largest absolute Gasteiger partial charge is 0.352 e. The summed E-state index contributed by atoms with van der Waals surface area (Å²) in [6.45, 7) is 3.15. The highest BCUT2D eigenvalue weighted by molar-refractivity contribution is 7.22. The fraction of sp³-hybridized carbons (Fsp3) is 0.174. The Balaban J connectivity index is 1.47. The van der Waals surface area contributed by atoms with E-state index in [9.17, 15) is 4.39 Å². The van der Waals surface area contributed by atoms with Crippen LogP contribution in [0.1, 0.15) is 18.5 Å². The first-order valence-electron chi connectivity index (χ1n) is 10.4. The van der Waals surface area contributed by atoms with Crippen LogP contribution in [0.4, 0.5) is 10.3 Å². The molecule has 0 aliphatic carbocycles. The van der Waals surface area contributed by atoms with Gasteiger partial charge in [-0.3, -0.25) is 4.68 Å².